The van der Waals surface area contributed by atoms with Crippen LogP contribution in [-0.2, 0) is 7.05 Å². The van der Waals surface area contributed by atoms with E-state index in [1.54, 1.807) is 6.20 Å². The van der Waals surface area contributed by atoms with E-state index in [2.05, 4.69) is 43.0 Å². The molecule has 0 fully saturated rings. The van der Waals surface area contributed by atoms with Gasteiger partial charge < -0.3 is 14.8 Å². The lowest BCUT2D eigenvalue weighted by Crippen LogP contribution is -2.12. The summed E-state index contributed by atoms with van der Waals surface area (Å²) in [6.07, 6.45) is 1.76. The summed E-state index contributed by atoms with van der Waals surface area (Å²) in [7, 11) is 4.02. The van der Waals surface area contributed by atoms with Crippen molar-refractivity contribution in [2.24, 2.45) is 7.05 Å². The lowest BCUT2D eigenvalue weighted by atomic mass is 10.2. The maximum Gasteiger partial charge on any atom is 0.229 e. The molecule has 4 aromatic rings. The molecule has 2 aromatic carbocycles. The third kappa shape index (κ3) is 2.97. The van der Waals surface area contributed by atoms with Crippen molar-refractivity contribution in [3.63, 3.8) is 0 Å². The van der Waals surface area contributed by atoms with Crippen LogP contribution in [0.2, 0.25) is 0 Å². The minimum absolute atomic E-state index is 0.565. The molecular formula is C20H20N6. The van der Waals surface area contributed by atoms with E-state index in [0.29, 0.717) is 5.95 Å². The third-order valence-electron chi connectivity index (χ3n) is 4.49. The molecule has 0 bridgehead atoms. The Bertz CT molecular complexity index is 1050. The maximum absolute atomic E-state index is 4.63. The zero-order chi connectivity index (χ0) is 18.1. The second-order valence-corrected chi connectivity index (χ2v) is 6.18. The van der Waals surface area contributed by atoms with Crippen molar-refractivity contribution < 1.29 is 0 Å². The fourth-order valence-corrected chi connectivity index (χ4v) is 2.90. The number of rotatable bonds is 4. The Hall–Kier alpha value is -3.41. The number of anilines is 4. The highest BCUT2D eigenvalue weighted by atomic mass is 15.2. The average Bonchev–Trinajstić information content (AvgIpc) is 2.95. The summed E-state index contributed by atoms with van der Waals surface area (Å²) in [5, 5.41) is 3.23. The van der Waals surface area contributed by atoms with Gasteiger partial charge in [0.15, 0.2) is 0 Å². The Balaban J connectivity index is 1.63. The van der Waals surface area contributed by atoms with Crippen molar-refractivity contribution in [3.05, 3.63) is 66.6 Å². The van der Waals surface area contributed by atoms with Crippen molar-refractivity contribution in [1.29, 1.82) is 0 Å². The van der Waals surface area contributed by atoms with Crippen LogP contribution >= 0.6 is 0 Å². The number of aromatic nitrogens is 4. The van der Waals surface area contributed by atoms with E-state index in [4.69, 9.17) is 0 Å². The number of benzene rings is 2. The van der Waals surface area contributed by atoms with Crippen LogP contribution in [0.3, 0.4) is 0 Å². The fraction of sp³-hybridized carbons (Fsp3) is 0.150. The summed E-state index contributed by atoms with van der Waals surface area (Å²) < 4.78 is 2.09. The molecule has 0 atom stereocenters. The van der Waals surface area contributed by atoms with Gasteiger partial charge in [0.2, 0.25) is 5.95 Å². The number of nitrogens with zero attached hydrogens (tertiary/aromatic N) is 5. The SMILES string of the molecule is Cc1nc2cc(N(C)c3ccnc(Nc4ccccc4)n3)ccc2n1C. The van der Waals surface area contributed by atoms with Crippen LogP contribution in [0.4, 0.5) is 23.1 Å². The molecular weight excluding hydrogens is 324 g/mol. The van der Waals surface area contributed by atoms with E-state index in [1.807, 2.05) is 62.3 Å². The summed E-state index contributed by atoms with van der Waals surface area (Å²) in [6, 6.07) is 18.0. The van der Waals surface area contributed by atoms with Crippen LogP contribution in [0.15, 0.2) is 60.8 Å². The van der Waals surface area contributed by atoms with E-state index in [-0.39, 0.29) is 0 Å². The lowest BCUT2D eigenvalue weighted by molar-refractivity contribution is 0.886. The predicted octanol–water partition coefficient (Wildman–Crippen LogP) is 4.18. The molecule has 0 amide bonds. The zero-order valence-corrected chi connectivity index (χ0v) is 15.0. The highest BCUT2D eigenvalue weighted by Gasteiger charge is 2.10. The Kier molecular flexibility index (Phi) is 4.01. The van der Waals surface area contributed by atoms with Crippen LogP contribution in [0, 0.1) is 6.92 Å². The van der Waals surface area contributed by atoms with Crippen LogP contribution in [-0.4, -0.2) is 26.6 Å². The van der Waals surface area contributed by atoms with Gasteiger partial charge in [0, 0.05) is 31.7 Å². The number of aryl methyl sites for hydroxylation is 2. The van der Waals surface area contributed by atoms with Gasteiger partial charge in [0.25, 0.3) is 0 Å². The van der Waals surface area contributed by atoms with Gasteiger partial charge in [0.1, 0.15) is 11.6 Å². The summed E-state index contributed by atoms with van der Waals surface area (Å²) in [6.45, 7) is 2.01. The first-order valence-electron chi connectivity index (χ1n) is 8.44. The van der Waals surface area contributed by atoms with E-state index < -0.39 is 0 Å². The zero-order valence-electron chi connectivity index (χ0n) is 15.0. The molecule has 0 spiro atoms. The first kappa shape index (κ1) is 16.1. The number of fused-ring (bicyclic) bond motifs is 1. The molecule has 6 heteroatoms. The smallest absolute Gasteiger partial charge is 0.229 e. The molecule has 6 nitrogen and oxygen atoms in total. The Labute approximate surface area is 152 Å². The summed E-state index contributed by atoms with van der Waals surface area (Å²) in [5.41, 5.74) is 4.08. The number of imidazole rings is 1. The van der Waals surface area contributed by atoms with Gasteiger partial charge in [-0.1, -0.05) is 18.2 Å². The van der Waals surface area contributed by atoms with Gasteiger partial charge in [-0.05, 0) is 43.3 Å². The topological polar surface area (TPSA) is 58.9 Å². The van der Waals surface area contributed by atoms with Crippen molar-refractivity contribution in [2.45, 2.75) is 6.92 Å². The molecule has 0 saturated heterocycles. The van der Waals surface area contributed by atoms with Crippen molar-refractivity contribution in [2.75, 3.05) is 17.3 Å². The van der Waals surface area contributed by atoms with Gasteiger partial charge >= 0.3 is 0 Å². The number of para-hydroxylation sites is 1. The molecule has 0 unspecified atom stereocenters. The van der Waals surface area contributed by atoms with Crippen LogP contribution in [0.25, 0.3) is 11.0 Å². The monoisotopic (exact) mass is 344 g/mol. The van der Waals surface area contributed by atoms with Crippen molar-refractivity contribution in [1.82, 2.24) is 19.5 Å². The predicted molar refractivity (Wildman–Crippen MR) is 105 cm³/mol. The highest BCUT2D eigenvalue weighted by Crippen LogP contribution is 2.26. The van der Waals surface area contributed by atoms with Crippen molar-refractivity contribution in [3.8, 4) is 0 Å². The molecule has 0 radical (unpaired) electrons. The molecule has 2 heterocycles. The molecule has 4 rings (SSSR count). The lowest BCUT2D eigenvalue weighted by Gasteiger charge is -2.19. The quantitative estimate of drug-likeness (QED) is 0.602. The number of hydrogen-bond donors (Lipinski definition) is 1. The number of nitrogens with one attached hydrogen (secondary N) is 1. The van der Waals surface area contributed by atoms with E-state index in [1.165, 1.54) is 0 Å². The minimum Gasteiger partial charge on any atom is -0.331 e. The van der Waals surface area contributed by atoms with Gasteiger partial charge in [-0.3, -0.25) is 0 Å². The average molecular weight is 344 g/mol. The van der Waals surface area contributed by atoms with Gasteiger partial charge in [-0.25, -0.2) is 9.97 Å². The summed E-state index contributed by atoms with van der Waals surface area (Å²) >= 11 is 0. The molecule has 2 aromatic heterocycles. The minimum atomic E-state index is 0.565. The van der Waals surface area contributed by atoms with Gasteiger partial charge in [0.05, 0.1) is 11.0 Å². The van der Waals surface area contributed by atoms with E-state index >= 15 is 0 Å². The molecule has 0 aliphatic carbocycles. The highest BCUT2D eigenvalue weighted by molar-refractivity contribution is 5.81. The second-order valence-electron chi connectivity index (χ2n) is 6.18. The van der Waals surface area contributed by atoms with Crippen molar-refractivity contribution >= 4 is 34.2 Å². The van der Waals surface area contributed by atoms with Crippen LogP contribution < -0.4 is 10.2 Å². The maximum atomic E-state index is 4.63. The summed E-state index contributed by atoms with van der Waals surface area (Å²) in [5.74, 6) is 2.37. The fourth-order valence-electron chi connectivity index (χ4n) is 2.90. The Morgan fingerprint density at radius 1 is 1.00 bits per heavy atom. The van der Waals surface area contributed by atoms with E-state index in [9.17, 15) is 0 Å². The Morgan fingerprint density at radius 3 is 2.62 bits per heavy atom. The second kappa shape index (κ2) is 6.48. The van der Waals surface area contributed by atoms with E-state index in [0.717, 1.165) is 34.1 Å². The molecule has 1 N–H and O–H groups in total. The normalized spacial score (nSPS) is 10.9. The standard InChI is InChI=1S/C20H20N6/c1-14-22-17-13-16(9-10-18(17)25(14)2)26(3)19-11-12-21-20(24-19)23-15-7-5-4-6-8-15/h4-13H,1-3H3,(H,21,23,24). The largest absolute Gasteiger partial charge is 0.331 e. The summed E-state index contributed by atoms with van der Waals surface area (Å²) in [4.78, 5) is 15.6. The number of hydrogen-bond acceptors (Lipinski definition) is 5. The van der Waals surface area contributed by atoms with Gasteiger partial charge in [-0.2, -0.15) is 4.98 Å². The third-order valence-corrected chi connectivity index (χ3v) is 4.49. The first-order valence-corrected chi connectivity index (χ1v) is 8.44. The molecule has 130 valence electrons. The van der Waals surface area contributed by atoms with Gasteiger partial charge in [-0.15, -0.1) is 0 Å². The molecule has 0 aliphatic rings. The Morgan fingerprint density at radius 2 is 1.81 bits per heavy atom. The molecule has 0 saturated carbocycles. The molecule has 0 aliphatic heterocycles. The first-order chi connectivity index (χ1) is 12.6. The molecule has 26 heavy (non-hydrogen) atoms. The van der Waals surface area contributed by atoms with Crippen LogP contribution in [0.5, 0.6) is 0 Å². The van der Waals surface area contributed by atoms with Crippen LogP contribution in [0.1, 0.15) is 5.82 Å².